The third-order valence-electron chi connectivity index (χ3n) is 4.05. The van der Waals surface area contributed by atoms with E-state index in [1.807, 2.05) is 24.8 Å². The number of pyridine rings is 1. The van der Waals surface area contributed by atoms with Gasteiger partial charge < -0.3 is 14.7 Å². The van der Waals surface area contributed by atoms with Crippen molar-refractivity contribution in [3.8, 4) is 0 Å². The van der Waals surface area contributed by atoms with Crippen molar-refractivity contribution >= 4 is 11.7 Å². The number of amides is 1. The molecule has 0 saturated carbocycles. The molecule has 1 fully saturated rings. The molecule has 0 unspecified atom stereocenters. The molecule has 2 aromatic rings. The SMILES string of the molecule is Cc1noc(CN2CCN(C(=O)c3cccnc3NC(C)C)CC2)n1. The molecule has 0 bridgehead atoms. The maximum Gasteiger partial charge on any atom is 0.257 e. The first-order valence-corrected chi connectivity index (χ1v) is 8.55. The number of nitrogens with zero attached hydrogens (tertiary/aromatic N) is 5. The lowest BCUT2D eigenvalue weighted by atomic mass is 10.2. The molecule has 134 valence electrons. The van der Waals surface area contributed by atoms with Crippen LogP contribution in [0.15, 0.2) is 22.9 Å². The first kappa shape index (κ1) is 17.3. The zero-order valence-corrected chi connectivity index (χ0v) is 14.9. The third-order valence-corrected chi connectivity index (χ3v) is 4.05. The van der Waals surface area contributed by atoms with Crippen LogP contribution < -0.4 is 5.32 Å². The Morgan fingerprint density at radius 3 is 2.72 bits per heavy atom. The lowest BCUT2D eigenvalue weighted by molar-refractivity contribution is 0.0615. The van der Waals surface area contributed by atoms with Crippen LogP contribution >= 0.6 is 0 Å². The fourth-order valence-corrected chi connectivity index (χ4v) is 2.84. The van der Waals surface area contributed by atoms with Crippen LogP contribution in [0.25, 0.3) is 0 Å². The number of carbonyl (C=O) groups excluding carboxylic acids is 1. The number of rotatable bonds is 5. The Hall–Kier alpha value is -2.48. The lowest BCUT2D eigenvalue weighted by Crippen LogP contribution is -2.48. The molecule has 1 saturated heterocycles. The van der Waals surface area contributed by atoms with E-state index in [1.165, 1.54) is 0 Å². The average Bonchev–Trinajstić information content (AvgIpc) is 3.00. The summed E-state index contributed by atoms with van der Waals surface area (Å²) in [6.45, 7) is 9.38. The maximum atomic E-state index is 12.9. The molecule has 1 amide bonds. The summed E-state index contributed by atoms with van der Waals surface area (Å²) in [7, 11) is 0. The van der Waals surface area contributed by atoms with Gasteiger partial charge in [-0.25, -0.2) is 4.98 Å². The van der Waals surface area contributed by atoms with Crippen molar-refractivity contribution in [2.24, 2.45) is 0 Å². The van der Waals surface area contributed by atoms with Crippen molar-refractivity contribution in [3.63, 3.8) is 0 Å². The molecule has 25 heavy (non-hydrogen) atoms. The summed E-state index contributed by atoms with van der Waals surface area (Å²) in [5.74, 6) is 1.93. The van der Waals surface area contributed by atoms with Gasteiger partial charge in [0.05, 0.1) is 12.1 Å². The number of aromatic nitrogens is 3. The van der Waals surface area contributed by atoms with Crippen LogP contribution in [-0.2, 0) is 6.54 Å². The highest BCUT2D eigenvalue weighted by atomic mass is 16.5. The normalized spacial score (nSPS) is 15.6. The van der Waals surface area contributed by atoms with Gasteiger partial charge in [0.25, 0.3) is 5.91 Å². The average molecular weight is 344 g/mol. The van der Waals surface area contributed by atoms with Crippen molar-refractivity contribution in [2.45, 2.75) is 33.4 Å². The number of hydrogen-bond donors (Lipinski definition) is 1. The molecule has 1 aliphatic heterocycles. The van der Waals surface area contributed by atoms with Gasteiger partial charge in [-0.15, -0.1) is 0 Å². The van der Waals surface area contributed by atoms with Gasteiger partial charge in [0, 0.05) is 38.4 Å². The maximum absolute atomic E-state index is 12.9. The summed E-state index contributed by atoms with van der Waals surface area (Å²) in [5, 5.41) is 7.05. The predicted molar refractivity (Wildman–Crippen MR) is 93.2 cm³/mol. The molecular weight excluding hydrogens is 320 g/mol. The number of nitrogens with one attached hydrogen (secondary N) is 1. The molecule has 1 aliphatic rings. The Balaban J connectivity index is 1.60. The van der Waals surface area contributed by atoms with Gasteiger partial charge >= 0.3 is 0 Å². The number of carbonyl (C=O) groups is 1. The fourth-order valence-electron chi connectivity index (χ4n) is 2.84. The number of piperazine rings is 1. The number of anilines is 1. The van der Waals surface area contributed by atoms with Crippen LogP contribution in [0, 0.1) is 6.92 Å². The van der Waals surface area contributed by atoms with Crippen molar-refractivity contribution in [2.75, 3.05) is 31.5 Å². The van der Waals surface area contributed by atoms with Crippen LogP contribution in [0.1, 0.15) is 35.9 Å². The van der Waals surface area contributed by atoms with Gasteiger partial charge in [-0.05, 0) is 32.9 Å². The Morgan fingerprint density at radius 2 is 2.08 bits per heavy atom. The van der Waals surface area contributed by atoms with E-state index >= 15 is 0 Å². The Labute approximate surface area is 147 Å². The summed E-state index contributed by atoms with van der Waals surface area (Å²) in [5.41, 5.74) is 0.622. The molecule has 0 atom stereocenters. The van der Waals surface area contributed by atoms with E-state index in [2.05, 4.69) is 25.3 Å². The topological polar surface area (TPSA) is 87.4 Å². The fraction of sp³-hybridized carbons (Fsp3) is 0.529. The highest BCUT2D eigenvalue weighted by Crippen LogP contribution is 2.17. The summed E-state index contributed by atoms with van der Waals surface area (Å²) >= 11 is 0. The first-order valence-electron chi connectivity index (χ1n) is 8.55. The second kappa shape index (κ2) is 7.60. The largest absolute Gasteiger partial charge is 0.367 e. The van der Waals surface area contributed by atoms with Crippen LogP contribution in [-0.4, -0.2) is 63.1 Å². The molecule has 8 heteroatoms. The lowest BCUT2D eigenvalue weighted by Gasteiger charge is -2.34. The van der Waals surface area contributed by atoms with Gasteiger partial charge in [0.2, 0.25) is 5.89 Å². The molecule has 2 aromatic heterocycles. The van der Waals surface area contributed by atoms with Crippen molar-refractivity contribution < 1.29 is 9.32 Å². The van der Waals surface area contributed by atoms with Gasteiger partial charge in [-0.2, -0.15) is 4.98 Å². The van der Waals surface area contributed by atoms with E-state index in [0.29, 0.717) is 42.7 Å². The number of aryl methyl sites for hydroxylation is 1. The monoisotopic (exact) mass is 344 g/mol. The predicted octanol–water partition coefficient (Wildman–Crippen LogP) is 1.55. The minimum absolute atomic E-state index is 0.0181. The summed E-state index contributed by atoms with van der Waals surface area (Å²) in [6.07, 6.45) is 1.70. The van der Waals surface area contributed by atoms with Crippen molar-refractivity contribution in [1.82, 2.24) is 24.9 Å². The van der Waals surface area contributed by atoms with E-state index < -0.39 is 0 Å². The minimum atomic E-state index is 0.0181. The smallest absolute Gasteiger partial charge is 0.257 e. The zero-order valence-electron chi connectivity index (χ0n) is 14.9. The van der Waals surface area contributed by atoms with Crippen molar-refractivity contribution in [3.05, 3.63) is 35.6 Å². The van der Waals surface area contributed by atoms with Gasteiger partial charge in [0.15, 0.2) is 5.82 Å². The molecule has 8 nitrogen and oxygen atoms in total. The second-order valence-corrected chi connectivity index (χ2v) is 6.50. The van der Waals surface area contributed by atoms with E-state index in [1.54, 1.807) is 19.2 Å². The van der Waals surface area contributed by atoms with E-state index in [0.717, 1.165) is 13.1 Å². The summed E-state index contributed by atoms with van der Waals surface area (Å²) < 4.78 is 5.16. The number of hydrogen-bond acceptors (Lipinski definition) is 7. The highest BCUT2D eigenvalue weighted by Gasteiger charge is 2.25. The van der Waals surface area contributed by atoms with E-state index in [-0.39, 0.29) is 11.9 Å². The molecular formula is C17H24N6O2. The highest BCUT2D eigenvalue weighted by molar-refractivity contribution is 5.98. The third kappa shape index (κ3) is 4.33. The van der Waals surface area contributed by atoms with Gasteiger partial charge in [0.1, 0.15) is 5.82 Å². The Morgan fingerprint density at radius 1 is 1.32 bits per heavy atom. The quantitative estimate of drug-likeness (QED) is 0.880. The summed E-state index contributed by atoms with van der Waals surface area (Å²) in [4.78, 5) is 25.5. The molecule has 3 rings (SSSR count). The minimum Gasteiger partial charge on any atom is -0.367 e. The van der Waals surface area contributed by atoms with Gasteiger partial charge in [-0.1, -0.05) is 5.16 Å². The Kier molecular flexibility index (Phi) is 5.28. The van der Waals surface area contributed by atoms with Crippen LogP contribution in [0.4, 0.5) is 5.82 Å². The van der Waals surface area contributed by atoms with E-state index in [4.69, 9.17) is 4.52 Å². The standard InChI is InChI=1S/C17H24N6O2/c1-12(2)19-16-14(5-4-6-18-16)17(24)23-9-7-22(8-10-23)11-15-20-13(3)21-25-15/h4-6,12H,7-11H2,1-3H3,(H,18,19). The molecule has 0 aliphatic carbocycles. The molecule has 0 spiro atoms. The Bertz CT molecular complexity index is 721. The van der Waals surface area contributed by atoms with E-state index in [9.17, 15) is 4.79 Å². The zero-order chi connectivity index (χ0) is 17.8. The molecule has 0 radical (unpaired) electrons. The second-order valence-electron chi connectivity index (χ2n) is 6.50. The van der Waals surface area contributed by atoms with Crippen LogP contribution in [0.2, 0.25) is 0 Å². The van der Waals surface area contributed by atoms with Crippen molar-refractivity contribution in [1.29, 1.82) is 0 Å². The van der Waals surface area contributed by atoms with Gasteiger partial charge in [-0.3, -0.25) is 9.69 Å². The molecule has 0 aromatic carbocycles. The molecule has 1 N–H and O–H groups in total. The first-order chi connectivity index (χ1) is 12.0. The summed E-state index contributed by atoms with van der Waals surface area (Å²) in [6, 6.07) is 3.84. The van der Waals surface area contributed by atoms with Crippen LogP contribution in [0.3, 0.4) is 0 Å². The van der Waals surface area contributed by atoms with Crippen LogP contribution in [0.5, 0.6) is 0 Å². The molecule has 3 heterocycles.